The molecule has 3 heterocycles. The van der Waals surface area contributed by atoms with Crippen LogP contribution in [0.25, 0.3) is 10.8 Å². The molecule has 37 heavy (non-hydrogen) atoms. The van der Waals surface area contributed by atoms with Crippen LogP contribution >= 0.6 is 0 Å². The van der Waals surface area contributed by atoms with Gasteiger partial charge in [0.05, 0.1) is 6.54 Å². The lowest BCUT2D eigenvalue weighted by Crippen LogP contribution is -2.33. The number of nitrogens with zero attached hydrogens (tertiary/aromatic N) is 3. The highest BCUT2D eigenvalue weighted by Crippen LogP contribution is 2.34. The zero-order chi connectivity index (χ0) is 26.0. The van der Waals surface area contributed by atoms with Crippen LogP contribution in [0.15, 0.2) is 67.1 Å². The molecule has 0 aliphatic carbocycles. The van der Waals surface area contributed by atoms with Crippen molar-refractivity contribution in [2.24, 2.45) is 5.92 Å². The quantitative estimate of drug-likeness (QED) is 0.311. The van der Waals surface area contributed by atoms with Gasteiger partial charge in [-0.15, -0.1) is 13.2 Å². The number of hydrogen-bond acceptors (Lipinski definition) is 4. The molecule has 5 nitrogen and oxygen atoms in total. The number of alkyl halides is 3. The zero-order valence-corrected chi connectivity index (χ0v) is 20.7. The molecule has 0 saturated carbocycles. The normalized spacial score (nSPS) is 15.4. The van der Waals surface area contributed by atoms with E-state index in [9.17, 15) is 18.3 Å². The molecule has 4 aromatic rings. The lowest BCUT2D eigenvalue weighted by molar-refractivity contribution is -0.274. The van der Waals surface area contributed by atoms with Gasteiger partial charge in [0.25, 0.3) is 0 Å². The standard InChI is InChI=1S/C29H30F3N3O2/c1-20-13-24(14-21-8-11-34(12-9-21)17-23-3-2-10-33-16-23)15-25-19-35(28(36)27(20)25)18-22-4-6-26(7-5-22)37-29(30,31)32/h2-7,10,13,15-16,19,21,36H,8-9,11-12,14,17-18H2,1H3. The summed E-state index contributed by atoms with van der Waals surface area (Å²) in [6.07, 6.45) is 4.24. The molecule has 1 saturated heterocycles. The first-order valence-corrected chi connectivity index (χ1v) is 12.5. The van der Waals surface area contributed by atoms with Crippen molar-refractivity contribution >= 4 is 10.8 Å². The number of aromatic nitrogens is 2. The van der Waals surface area contributed by atoms with Crippen molar-refractivity contribution in [3.05, 3.63) is 89.4 Å². The molecule has 1 aliphatic heterocycles. The van der Waals surface area contributed by atoms with E-state index in [0.717, 1.165) is 60.8 Å². The molecule has 194 valence electrons. The van der Waals surface area contributed by atoms with Crippen molar-refractivity contribution in [2.45, 2.75) is 45.6 Å². The topological polar surface area (TPSA) is 50.5 Å². The Hall–Kier alpha value is -3.52. The molecule has 2 aromatic carbocycles. The van der Waals surface area contributed by atoms with Gasteiger partial charge in [0.2, 0.25) is 0 Å². The highest BCUT2D eigenvalue weighted by molar-refractivity contribution is 5.91. The lowest BCUT2D eigenvalue weighted by atomic mass is 9.89. The van der Waals surface area contributed by atoms with E-state index in [2.05, 4.69) is 32.8 Å². The van der Waals surface area contributed by atoms with Crippen LogP contribution < -0.4 is 4.74 Å². The Morgan fingerprint density at radius 2 is 1.76 bits per heavy atom. The van der Waals surface area contributed by atoms with E-state index in [1.54, 1.807) is 22.9 Å². The number of piperidine rings is 1. The summed E-state index contributed by atoms with van der Waals surface area (Å²) in [5.74, 6) is 0.523. The lowest BCUT2D eigenvalue weighted by Gasteiger charge is -2.32. The van der Waals surface area contributed by atoms with Crippen LogP contribution in [0.5, 0.6) is 11.6 Å². The van der Waals surface area contributed by atoms with Gasteiger partial charge in [0.15, 0.2) is 5.88 Å². The number of likely N-dealkylation sites (tertiary alicyclic amines) is 1. The molecular weight excluding hydrogens is 479 g/mol. The van der Waals surface area contributed by atoms with Gasteiger partial charge in [-0.25, -0.2) is 0 Å². The molecule has 0 radical (unpaired) electrons. The van der Waals surface area contributed by atoms with Gasteiger partial charge in [-0.05, 0) is 91.7 Å². The van der Waals surface area contributed by atoms with Crippen molar-refractivity contribution < 1.29 is 23.0 Å². The zero-order valence-electron chi connectivity index (χ0n) is 20.7. The van der Waals surface area contributed by atoms with E-state index in [-0.39, 0.29) is 11.6 Å². The van der Waals surface area contributed by atoms with E-state index >= 15 is 0 Å². The smallest absolute Gasteiger partial charge is 0.494 e. The third-order valence-electron chi connectivity index (χ3n) is 7.09. The summed E-state index contributed by atoms with van der Waals surface area (Å²) >= 11 is 0. The number of aromatic hydroxyl groups is 1. The van der Waals surface area contributed by atoms with Crippen molar-refractivity contribution in [3.63, 3.8) is 0 Å². The molecule has 0 unspecified atom stereocenters. The maximum Gasteiger partial charge on any atom is 0.573 e. The minimum absolute atomic E-state index is 0.165. The van der Waals surface area contributed by atoms with Gasteiger partial charge in [-0.3, -0.25) is 9.88 Å². The van der Waals surface area contributed by atoms with E-state index in [1.807, 2.05) is 25.4 Å². The third kappa shape index (κ3) is 6.25. The predicted octanol–water partition coefficient (Wildman–Crippen LogP) is 6.45. The molecule has 2 aromatic heterocycles. The first-order valence-electron chi connectivity index (χ1n) is 12.5. The molecule has 1 N–H and O–H groups in total. The number of aryl methyl sites for hydroxylation is 1. The molecule has 1 aliphatic rings. The van der Waals surface area contributed by atoms with Gasteiger partial charge in [0, 0.05) is 35.9 Å². The van der Waals surface area contributed by atoms with Gasteiger partial charge >= 0.3 is 6.36 Å². The van der Waals surface area contributed by atoms with E-state index in [0.29, 0.717) is 12.5 Å². The van der Waals surface area contributed by atoms with Crippen molar-refractivity contribution in [1.82, 2.24) is 14.5 Å². The van der Waals surface area contributed by atoms with E-state index in [1.165, 1.54) is 23.3 Å². The summed E-state index contributed by atoms with van der Waals surface area (Å²) in [5.41, 5.74) is 4.30. The SMILES string of the molecule is Cc1cc(CC2CCN(Cc3cccnc3)CC2)cc2cn(Cc3ccc(OC(F)(F)F)cc3)c(O)c12. The second kappa shape index (κ2) is 10.5. The van der Waals surface area contributed by atoms with Crippen LogP contribution in [0.1, 0.15) is 35.1 Å². The molecule has 1 fully saturated rings. The number of rotatable bonds is 7. The number of fused-ring (bicyclic) bond motifs is 1. The van der Waals surface area contributed by atoms with Gasteiger partial charge < -0.3 is 14.4 Å². The van der Waals surface area contributed by atoms with E-state index in [4.69, 9.17) is 0 Å². The molecule has 5 rings (SSSR count). The second-order valence-electron chi connectivity index (χ2n) is 9.93. The molecule has 0 bridgehead atoms. The Morgan fingerprint density at radius 3 is 2.43 bits per heavy atom. The largest absolute Gasteiger partial charge is 0.573 e. The fourth-order valence-corrected chi connectivity index (χ4v) is 5.33. The summed E-state index contributed by atoms with van der Waals surface area (Å²) in [6, 6.07) is 14.1. The van der Waals surface area contributed by atoms with Crippen molar-refractivity contribution in [2.75, 3.05) is 13.1 Å². The number of hydrogen-bond donors (Lipinski definition) is 1. The van der Waals surface area contributed by atoms with Crippen LogP contribution in [-0.4, -0.2) is 39.0 Å². The predicted molar refractivity (Wildman–Crippen MR) is 137 cm³/mol. The Kier molecular flexibility index (Phi) is 7.11. The number of ether oxygens (including phenoxy) is 1. The molecule has 0 spiro atoms. The fourth-order valence-electron chi connectivity index (χ4n) is 5.33. The van der Waals surface area contributed by atoms with Gasteiger partial charge in [-0.1, -0.05) is 24.3 Å². The molecule has 0 atom stereocenters. The Morgan fingerprint density at radius 1 is 1.00 bits per heavy atom. The van der Waals surface area contributed by atoms with Crippen LogP contribution in [0.3, 0.4) is 0 Å². The summed E-state index contributed by atoms with van der Waals surface area (Å²) in [7, 11) is 0. The Balaban J connectivity index is 1.24. The maximum atomic E-state index is 12.4. The first kappa shape index (κ1) is 25.1. The minimum Gasteiger partial charge on any atom is -0.494 e. The number of halogens is 3. The maximum absolute atomic E-state index is 12.4. The average molecular weight is 510 g/mol. The summed E-state index contributed by atoms with van der Waals surface area (Å²) in [6.45, 7) is 5.44. The van der Waals surface area contributed by atoms with Crippen molar-refractivity contribution in [1.29, 1.82) is 0 Å². The highest BCUT2D eigenvalue weighted by Gasteiger charge is 2.31. The summed E-state index contributed by atoms with van der Waals surface area (Å²) in [5, 5.41) is 12.7. The Bertz CT molecular complexity index is 1340. The minimum atomic E-state index is -4.72. The van der Waals surface area contributed by atoms with Crippen LogP contribution in [0, 0.1) is 12.8 Å². The Labute approximate surface area is 214 Å². The van der Waals surface area contributed by atoms with Gasteiger partial charge in [-0.2, -0.15) is 0 Å². The summed E-state index contributed by atoms with van der Waals surface area (Å²) < 4.78 is 42.9. The van der Waals surface area contributed by atoms with Gasteiger partial charge in [0.1, 0.15) is 5.75 Å². The fraction of sp³-hybridized carbons (Fsp3) is 0.345. The number of benzene rings is 2. The first-order chi connectivity index (χ1) is 17.7. The second-order valence-corrected chi connectivity index (χ2v) is 9.93. The van der Waals surface area contributed by atoms with Crippen LogP contribution in [-0.2, 0) is 19.5 Å². The molecule has 0 amide bonds. The monoisotopic (exact) mass is 509 g/mol. The molecular formula is C29H30F3N3O2. The number of pyridine rings is 1. The molecule has 8 heteroatoms. The van der Waals surface area contributed by atoms with Crippen molar-refractivity contribution in [3.8, 4) is 11.6 Å². The van der Waals surface area contributed by atoms with E-state index < -0.39 is 6.36 Å². The highest BCUT2D eigenvalue weighted by atomic mass is 19.4. The van der Waals surface area contributed by atoms with Crippen LogP contribution in [0.2, 0.25) is 0 Å². The summed E-state index contributed by atoms with van der Waals surface area (Å²) in [4.78, 5) is 6.70. The third-order valence-corrected chi connectivity index (χ3v) is 7.09. The van der Waals surface area contributed by atoms with Crippen LogP contribution in [0.4, 0.5) is 13.2 Å². The average Bonchev–Trinajstić information content (AvgIpc) is 3.16.